The molecular weight excluding hydrogens is 448 g/mol. The lowest BCUT2D eigenvalue weighted by molar-refractivity contribution is -0.119. The first kappa shape index (κ1) is 23.9. The summed E-state index contributed by atoms with van der Waals surface area (Å²) in [5.41, 5.74) is 3.83. The molecule has 0 radical (unpaired) electrons. The number of rotatable bonds is 7. The van der Waals surface area contributed by atoms with Crippen molar-refractivity contribution in [1.29, 1.82) is 0 Å². The Balaban J connectivity index is 1.36. The number of hydrogen-bond acceptors (Lipinski definition) is 4. The summed E-state index contributed by atoms with van der Waals surface area (Å²) in [6, 6.07) is 17.5. The maximum Gasteiger partial charge on any atom is 0.295 e. The van der Waals surface area contributed by atoms with Gasteiger partial charge >= 0.3 is 0 Å². The highest BCUT2D eigenvalue weighted by Gasteiger charge is 2.24. The zero-order chi connectivity index (χ0) is 24.2. The Kier molecular flexibility index (Phi) is 7.26. The fraction of sp³-hybridized carbons (Fsp3) is 0.346. The van der Waals surface area contributed by atoms with E-state index in [1.165, 1.54) is 27.6 Å². The molecule has 0 saturated carbocycles. The summed E-state index contributed by atoms with van der Waals surface area (Å²) in [7, 11) is 1.78. The molecule has 1 aliphatic carbocycles. The monoisotopic (exact) mass is 478 g/mol. The minimum absolute atomic E-state index is 0.0191. The molecule has 2 N–H and O–H groups in total. The van der Waals surface area contributed by atoms with Crippen LogP contribution >= 0.6 is 11.8 Å². The van der Waals surface area contributed by atoms with Crippen LogP contribution in [0, 0.1) is 6.92 Å². The van der Waals surface area contributed by atoms with Gasteiger partial charge in [0, 0.05) is 7.05 Å². The molecule has 3 aromatic rings. The molecule has 1 aromatic heterocycles. The number of nitrogens with zero attached hydrogens (tertiary/aromatic N) is 2. The third-order valence-corrected chi connectivity index (χ3v) is 7.48. The Morgan fingerprint density at radius 1 is 1.12 bits per heavy atom. The molecule has 2 unspecified atom stereocenters. The average molecular weight is 479 g/mol. The van der Waals surface area contributed by atoms with Gasteiger partial charge in [-0.25, -0.2) is 4.68 Å². The Labute approximate surface area is 203 Å². The molecule has 34 heavy (non-hydrogen) atoms. The van der Waals surface area contributed by atoms with E-state index in [4.69, 9.17) is 0 Å². The highest BCUT2D eigenvalue weighted by Crippen LogP contribution is 2.29. The van der Waals surface area contributed by atoms with Crippen LogP contribution in [0.5, 0.6) is 0 Å². The normalized spacial score (nSPS) is 15.9. The van der Waals surface area contributed by atoms with Crippen LogP contribution in [0.4, 0.5) is 5.69 Å². The van der Waals surface area contributed by atoms with Crippen LogP contribution in [0.15, 0.2) is 59.4 Å². The number of carbonyl (C=O) groups excluding carboxylic acids is 2. The van der Waals surface area contributed by atoms with Crippen molar-refractivity contribution in [2.45, 2.75) is 44.4 Å². The van der Waals surface area contributed by atoms with E-state index in [1.54, 1.807) is 25.6 Å². The first-order chi connectivity index (χ1) is 16.4. The van der Waals surface area contributed by atoms with E-state index in [9.17, 15) is 14.4 Å². The Morgan fingerprint density at radius 3 is 2.59 bits per heavy atom. The Hall–Kier alpha value is -3.26. The number of aryl methyl sites for hydroxylation is 1. The van der Waals surface area contributed by atoms with Gasteiger partial charge < -0.3 is 10.6 Å². The molecule has 1 aliphatic rings. The third-order valence-electron chi connectivity index (χ3n) is 6.34. The highest BCUT2D eigenvalue weighted by atomic mass is 32.2. The predicted molar refractivity (Wildman–Crippen MR) is 137 cm³/mol. The maximum absolute atomic E-state index is 13.0. The Bertz CT molecular complexity index is 1250. The minimum Gasteiger partial charge on any atom is -0.349 e. The van der Waals surface area contributed by atoms with Crippen molar-refractivity contribution in [3.05, 3.63) is 81.8 Å². The van der Waals surface area contributed by atoms with Crippen molar-refractivity contribution in [2.24, 2.45) is 7.05 Å². The SMILES string of the molecule is Cc1c(NC(=O)C(C)SCC(=O)NC2CCCc3ccccc32)c(=O)n(-c2ccccc2)n1C. The molecule has 1 heterocycles. The summed E-state index contributed by atoms with van der Waals surface area (Å²) in [4.78, 5) is 38.4. The summed E-state index contributed by atoms with van der Waals surface area (Å²) >= 11 is 1.26. The molecule has 0 spiro atoms. The number of carbonyl (C=O) groups is 2. The number of para-hydroxylation sites is 1. The van der Waals surface area contributed by atoms with Crippen LogP contribution in [-0.2, 0) is 23.1 Å². The highest BCUT2D eigenvalue weighted by molar-refractivity contribution is 8.01. The standard InChI is InChI=1S/C26H30N4O3S/c1-17-24(26(33)30(29(17)3)20-12-5-4-6-13-20)28-25(32)18(2)34-16-23(31)27-22-15-9-11-19-10-7-8-14-21(19)22/h4-8,10,12-14,18,22H,9,11,15-16H2,1-3H3,(H,27,31)(H,28,32). The Morgan fingerprint density at radius 2 is 1.82 bits per heavy atom. The fourth-order valence-corrected chi connectivity index (χ4v) is 5.05. The van der Waals surface area contributed by atoms with E-state index in [1.807, 2.05) is 42.5 Å². The molecule has 2 aromatic carbocycles. The van der Waals surface area contributed by atoms with E-state index in [0.29, 0.717) is 5.69 Å². The lowest BCUT2D eigenvalue weighted by Gasteiger charge is -2.26. The number of aromatic nitrogens is 2. The van der Waals surface area contributed by atoms with Crippen LogP contribution in [0.3, 0.4) is 0 Å². The molecule has 2 amide bonds. The van der Waals surface area contributed by atoms with Gasteiger partial charge in [-0.3, -0.25) is 19.1 Å². The van der Waals surface area contributed by atoms with Gasteiger partial charge in [0.1, 0.15) is 5.69 Å². The van der Waals surface area contributed by atoms with Crippen LogP contribution in [0.25, 0.3) is 5.69 Å². The van der Waals surface area contributed by atoms with Gasteiger partial charge in [0.2, 0.25) is 11.8 Å². The van der Waals surface area contributed by atoms with Crippen LogP contribution in [0.2, 0.25) is 0 Å². The maximum atomic E-state index is 13.0. The van der Waals surface area contributed by atoms with E-state index in [2.05, 4.69) is 22.8 Å². The van der Waals surface area contributed by atoms with Crippen molar-refractivity contribution in [2.75, 3.05) is 11.1 Å². The smallest absolute Gasteiger partial charge is 0.295 e. The summed E-state index contributed by atoms with van der Waals surface area (Å²) in [6.07, 6.45) is 3.01. The first-order valence-electron chi connectivity index (χ1n) is 11.5. The van der Waals surface area contributed by atoms with E-state index >= 15 is 0 Å². The van der Waals surface area contributed by atoms with Gasteiger partial charge in [-0.1, -0.05) is 42.5 Å². The third kappa shape index (κ3) is 4.97. The van der Waals surface area contributed by atoms with Gasteiger partial charge in [0.15, 0.2) is 0 Å². The van der Waals surface area contributed by atoms with Crippen molar-refractivity contribution in [1.82, 2.24) is 14.7 Å². The molecule has 2 atom stereocenters. The van der Waals surface area contributed by atoms with E-state index in [-0.39, 0.29) is 34.9 Å². The number of benzene rings is 2. The topological polar surface area (TPSA) is 85.1 Å². The summed E-state index contributed by atoms with van der Waals surface area (Å²) < 4.78 is 3.25. The molecule has 8 heteroatoms. The minimum atomic E-state index is -0.492. The fourth-order valence-electron chi connectivity index (χ4n) is 4.35. The van der Waals surface area contributed by atoms with Gasteiger partial charge in [-0.05, 0) is 56.4 Å². The number of fused-ring (bicyclic) bond motifs is 1. The number of thioether (sulfide) groups is 1. The van der Waals surface area contributed by atoms with E-state index < -0.39 is 5.25 Å². The molecule has 7 nitrogen and oxygen atoms in total. The summed E-state index contributed by atoms with van der Waals surface area (Å²) in [6.45, 7) is 3.54. The van der Waals surface area contributed by atoms with Crippen LogP contribution < -0.4 is 16.2 Å². The molecule has 0 saturated heterocycles. The average Bonchev–Trinajstić information content (AvgIpc) is 3.06. The largest absolute Gasteiger partial charge is 0.349 e. The number of amides is 2. The van der Waals surface area contributed by atoms with Gasteiger partial charge in [-0.15, -0.1) is 11.8 Å². The van der Waals surface area contributed by atoms with Crippen LogP contribution in [0.1, 0.15) is 42.6 Å². The molecule has 0 fully saturated rings. The molecule has 0 aliphatic heterocycles. The molecular formula is C26H30N4O3S. The lowest BCUT2D eigenvalue weighted by atomic mass is 9.88. The zero-order valence-electron chi connectivity index (χ0n) is 19.7. The number of anilines is 1. The summed E-state index contributed by atoms with van der Waals surface area (Å²) in [5.74, 6) is -0.213. The quantitative estimate of drug-likeness (QED) is 0.542. The van der Waals surface area contributed by atoms with E-state index in [0.717, 1.165) is 24.9 Å². The zero-order valence-corrected chi connectivity index (χ0v) is 20.5. The summed E-state index contributed by atoms with van der Waals surface area (Å²) in [5, 5.41) is 5.41. The number of hydrogen-bond donors (Lipinski definition) is 2. The molecule has 178 valence electrons. The molecule has 0 bridgehead atoms. The van der Waals surface area contributed by atoms with Crippen molar-refractivity contribution >= 4 is 29.3 Å². The van der Waals surface area contributed by atoms with Crippen molar-refractivity contribution in [3.63, 3.8) is 0 Å². The van der Waals surface area contributed by atoms with Gasteiger partial charge in [0.05, 0.1) is 28.4 Å². The second kappa shape index (κ2) is 10.3. The van der Waals surface area contributed by atoms with Crippen molar-refractivity contribution < 1.29 is 9.59 Å². The second-order valence-corrected chi connectivity index (χ2v) is 9.92. The number of nitrogens with one attached hydrogen (secondary N) is 2. The van der Waals surface area contributed by atoms with Gasteiger partial charge in [-0.2, -0.15) is 0 Å². The van der Waals surface area contributed by atoms with Gasteiger partial charge in [0.25, 0.3) is 5.56 Å². The first-order valence-corrected chi connectivity index (χ1v) is 12.6. The van der Waals surface area contributed by atoms with Crippen LogP contribution in [-0.4, -0.2) is 32.2 Å². The predicted octanol–water partition coefficient (Wildman–Crippen LogP) is 3.74. The molecule has 4 rings (SSSR count). The second-order valence-electron chi connectivity index (χ2n) is 8.59. The lowest BCUT2D eigenvalue weighted by Crippen LogP contribution is -2.33. The van der Waals surface area contributed by atoms with Crippen molar-refractivity contribution in [3.8, 4) is 5.69 Å².